The largest absolute Gasteiger partial charge is 0.493 e. The third-order valence-corrected chi connectivity index (χ3v) is 5.56. The van der Waals surface area contributed by atoms with Gasteiger partial charge in [-0.3, -0.25) is 4.79 Å². The number of thiazole rings is 1. The van der Waals surface area contributed by atoms with Crippen LogP contribution in [0.5, 0.6) is 5.75 Å². The van der Waals surface area contributed by atoms with Gasteiger partial charge in [0.1, 0.15) is 5.75 Å². The predicted octanol–water partition coefficient (Wildman–Crippen LogP) is 2.29. The highest BCUT2D eigenvalue weighted by atomic mass is 32.1. The number of nitrogens with zero attached hydrogens (tertiary/aromatic N) is 2. The van der Waals surface area contributed by atoms with Crippen LogP contribution in [-0.2, 0) is 11.2 Å². The summed E-state index contributed by atoms with van der Waals surface area (Å²) in [4.78, 5) is 18.5. The van der Waals surface area contributed by atoms with Crippen LogP contribution >= 0.6 is 11.3 Å². The van der Waals surface area contributed by atoms with Crippen molar-refractivity contribution in [2.45, 2.75) is 6.42 Å². The molecule has 2 aliphatic rings. The lowest BCUT2D eigenvalue weighted by Crippen LogP contribution is -2.42. The summed E-state index contributed by atoms with van der Waals surface area (Å²) in [6.45, 7) is 1.59. The van der Waals surface area contributed by atoms with Gasteiger partial charge in [0.15, 0.2) is 5.13 Å². The molecule has 0 bridgehead atoms. The van der Waals surface area contributed by atoms with E-state index in [-0.39, 0.29) is 5.92 Å². The summed E-state index contributed by atoms with van der Waals surface area (Å²) in [5, 5.41) is 12.8. The summed E-state index contributed by atoms with van der Waals surface area (Å²) in [7, 11) is 0. The van der Waals surface area contributed by atoms with Gasteiger partial charge in [-0.2, -0.15) is 0 Å². The Morgan fingerprint density at radius 2 is 2.32 bits per heavy atom. The molecule has 0 unspecified atom stereocenters. The summed E-state index contributed by atoms with van der Waals surface area (Å²) in [5.74, 6) is 0.0384. The number of hydrogen-bond donors (Lipinski definition) is 1. The first-order valence-electron chi connectivity index (χ1n) is 7.27. The Bertz CT molecular complexity index is 703. The van der Waals surface area contributed by atoms with Crippen LogP contribution in [0.4, 0.5) is 5.13 Å². The number of aliphatic carboxylic acids is 1. The van der Waals surface area contributed by atoms with Gasteiger partial charge in [-0.1, -0.05) is 18.2 Å². The van der Waals surface area contributed by atoms with Crippen molar-refractivity contribution >= 4 is 22.4 Å². The van der Waals surface area contributed by atoms with Crippen LogP contribution in [0.15, 0.2) is 35.8 Å². The SMILES string of the molecule is O=C(O)[C@@]12Cc3ccccc3OC[C@@H]1CN(c1nccs1)C2. The van der Waals surface area contributed by atoms with E-state index in [4.69, 9.17) is 4.74 Å². The standard InChI is InChI=1S/C16H16N2O3S/c19-14(20)16-7-11-3-1-2-4-13(11)21-9-12(16)8-18(10-16)15-17-5-6-22-15/h1-6,12H,7-10H2,(H,19,20)/t12-,16+/m0/s1. The molecular formula is C16H16N2O3S. The molecule has 0 radical (unpaired) electrons. The molecule has 1 aromatic heterocycles. The first kappa shape index (κ1) is 13.6. The number of carboxylic acids is 1. The molecule has 2 atom stereocenters. The second-order valence-corrected chi connectivity index (χ2v) is 6.82. The van der Waals surface area contributed by atoms with Crippen molar-refractivity contribution in [3.8, 4) is 5.75 Å². The van der Waals surface area contributed by atoms with E-state index >= 15 is 0 Å². The maximum absolute atomic E-state index is 12.1. The third-order valence-electron chi connectivity index (χ3n) is 4.73. The highest BCUT2D eigenvalue weighted by Gasteiger charge is 2.54. The number of rotatable bonds is 2. The van der Waals surface area contributed by atoms with Crippen molar-refractivity contribution in [1.82, 2.24) is 4.98 Å². The summed E-state index contributed by atoms with van der Waals surface area (Å²) in [6, 6.07) is 7.75. The van der Waals surface area contributed by atoms with Crippen molar-refractivity contribution in [2.24, 2.45) is 11.3 Å². The Hall–Kier alpha value is -2.08. The normalized spacial score (nSPS) is 26.7. The molecule has 1 aromatic carbocycles. The minimum Gasteiger partial charge on any atom is -0.493 e. The fraction of sp³-hybridized carbons (Fsp3) is 0.375. The number of benzene rings is 1. The Labute approximate surface area is 132 Å². The van der Waals surface area contributed by atoms with Crippen LogP contribution in [0.3, 0.4) is 0 Å². The zero-order valence-corrected chi connectivity index (χ0v) is 12.8. The van der Waals surface area contributed by atoms with Gasteiger partial charge in [0.05, 0.1) is 12.0 Å². The molecule has 114 valence electrons. The van der Waals surface area contributed by atoms with E-state index in [1.807, 2.05) is 29.6 Å². The van der Waals surface area contributed by atoms with E-state index in [1.54, 1.807) is 17.5 Å². The fourth-order valence-electron chi connectivity index (χ4n) is 3.54. The van der Waals surface area contributed by atoms with E-state index in [2.05, 4.69) is 9.88 Å². The number of carboxylic acid groups (broad SMARTS) is 1. The molecule has 2 aliphatic heterocycles. The molecule has 6 heteroatoms. The van der Waals surface area contributed by atoms with Crippen LogP contribution in [-0.4, -0.2) is 35.8 Å². The summed E-state index contributed by atoms with van der Waals surface area (Å²) in [5.41, 5.74) is 0.173. The van der Waals surface area contributed by atoms with Gasteiger partial charge in [-0.15, -0.1) is 11.3 Å². The highest BCUT2D eigenvalue weighted by Crippen LogP contribution is 2.45. The lowest BCUT2D eigenvalue weighted by Gasteiger charge is -2.27. The number of anilines is 1. The first-order chi connectivity index (χ1) is 10.7. The fourth-order valence-corrected chi connectivity index (χ4v) is 4.20. The van der Waals surface area contributed by atoms with Crippen LogP contribution in [0.25, 0.3) is 0 Å². The van der Waals surface area contributed by atoms with Gasteiger partial charge < -0.3 is 14.7 Å². The summed E-state index contributed by atoms with van der Waals surface area (Å²) >= 11 is 1.55. The zero-order chi connectivity index (χ0) is 15.2. The molecule has 0 spiro atoms. The number of aromatic nitrogens is 1. The number of para-hydroxylation sites is 1. The van der Waals surface area contributed by atoms with Crippen LogP contribution in [0.2, 0.25) is 0 Å². The van der Waals surface area contributed by atoms with Gasteiger partial charge in [-0.25, -0.2) is 4.98 Å². The summed E-state index contributed by atoms with van der Waals surface area (Å²) in [6.07, 6.45) is 2.26. The number of hydrogen-bond acceptors (Lipinski definition) is 5. The van der Waals surface area contributed by atoms with Gasteiger partial charge in [0.2, 0.25) is 0 Å². The van der Waals surface area contributed by atoms with E-state index in [9.17, 15) is 9.90 Å². The molecule has 5 nitrogen and oxygen atoms in total. The van der Waals surface area contributed by atoms with E-state index in [1.165, 1.54) is 0 Å². The zero-order valence-electron chi connectivity index (χ0n) is 11.9. The van der Waals surface area contributed by atoms with Crippen molar-refractivity contribution in [1.29, 1.82) is 0 Å². The topological polar surface area (TPSA) is 62.7 Å². The van der Waals surface area contributed by atoms with Gasteiger partial charge in [0.25, 0.3) is 0 Å². The molecule has 22 heavy (non-hydrogen) atoms. The van der Waals surface area contributed by atoms with Crippen LogP contribution in [0, 0.1) is 11.3 Å². The quantitative estimate of drug-likeness (QED) is 0.921. The van der Waals surface area contributed by atoms with Crippen LogP contribution in [0.1, 0.15) is 5.56 Å². The molecular weight excluding hydrogens is 300 g/mol. The smallest absolute Gasteiger partial charge is 0.312 e. The van der Waals surface area contributed by atoms with E-state index in [0.717, 1.165) is 16.4 Å². The van der Waals surface area contributed by atoms with Gasteiger partial charge in [0, 0.05) is 30.6 Å². The number of carbonyl (C=O) groups is 1. The highest BCUT2D eigenvalue weighted by molar-refractivity contribution is 7.13. The molecule has 0 aliphatic carbocycles. The summed E-state index contributed by atoms with van der Waals surface area (Å²) < 4.78 is 5.90. The van der Waals surface area contributed by atoms with E-state index in [0.29, 0.717) is 26.1 Å². The van der Waals surface area contributed by atoms with Gasteiger partial charge >= 0.3 is 5.97 Å². The third kappa shape index (κ3) is 1.98. The molecule has 2 aromatic rings. The maximum Gasteiger partial charge on any atom is 0.312 e. The maximum atomic E-state index is 12.1. The van der Waals surface area contributed by atoms with Crippen LogP contribution < -0.4 is 9.64 Å². The second-order valence-electron chi connectivity index (χ2n) is 5.95. The minimum absolute atomic E-state index is 0.0405. The van der Waals surface area contributed by atoms with Crippen molar-refractivity contribution < 1.29 is 14.6 Å². The Morgan fingerprint density at radius 1 is 1.45 bits per heavy atom. The van der Waals surface area contributed by atoms with Gasteiger partial charge in [-0.05, 0) is 18.1 Å². The number of fused-ring (bicyclic) bond motifs is 2. The average Bonchev–Trinajstić information content (AvgIpc) is 3.12. The minimum atomic E-state index is -0.807. The predicted molar refractivity (Wildman–Crippen MR) is 83.5 cm³/mol. The Morgan fingerprint density at radius 3 is 3.09 bits per heavy atom. The Balaban J connectivity index is 1.73. The van der Waals surface area contributed by atoms with E-state index < -0.39 is 11.4 Å². The molecule has 3 heterocycles. The molecule has 0 saturated carbocycles. The Kier molecular flexibility index (Phi) is 3.07. The first-order valence-corrected chi connectivity index (χ1v) is 8.15. The molecule has 1 N–H and O–H groups in total. The van der Waals surface area contributed by atoms with Crippen molar-refractivity contribution in [3.63, 3.8) is 0 Å². The van der Waals surface area contributed by atoms with Crippen molar-refractivity contribution in [2.75, 3.05) is 24.6 Å². The monoisotopic (exact) mass is 316 g/mol. The van der Waals surface area contributed by atoms with Crippen molar-refractivity contribution in [3.05, 3.63) is 41.4 Å². The molecule has 0 amide bonds. The lowest BCUT2D eigenvalue weighted by atomic mass is 9.74. The molecule has 4 rings (SSSR count). The second kappa shape index (κ2) is 4.98. The average molecular weight is 316 g/mol. The lowest BCUT2D eigenvalue weighted by molar-refractivity contribution is -0.150. The number of ether oxygens (including phenoxy) is 1. The molecule has 1 saturated heterocycles. The molecule has 1 fully saturated rings.